The van der Waals surface area contributed by atoms with Crippen LogP contribution >= 0.6 is 0 Å². The van der Waals surface area contributed by atoms with E-state index in [1.165, 1.54) is 0 Å². The molecule has 25 heavy (non-hydrogen) atoms. The Morgan fingerprint density at radius 1 is 1.24 bits per heavy atom. The van der Waals surface area contributed by atoms with Gasteiger partial charge in [-0.1, -0.05) is 17.3 Å². The second kappa shape index (κ2) is 6.88. The van der Waals surface area contributed by atoms with Crippen LogP contribution in [0.3, 0.4) is 0 Å². The maximum atomic E-state index is 13.0. The average Bonchev–Trinajstić information content (AvgIpc) is 3.38. The van der Waals surface area contributed by atoms with Crippen LogP contribution in [0.2, 0.25) is 0 Å². The third kappa shape index (κ3) is 3.45. The number of likely N-dealkylation sites (tertiary alicyclic amines) is 1. The number of carbonyl (C=O) groups is 1. The van der Waals surface area contributed by atoms with E-state index in [1.54, 1.807) is 23.4 Å². The van der Waals surface area contributed by atoms with Crippen LogP contribution in [-0.2, 0) is 13.1 Å². The molecule has 0 saturated carbocycles. The minimum Gasteiger partial charge on any atom is -0.334 e. The summed E-state index contributed by atoms with van der Waals surface area (Å²) in [5.74, 6) is 0.0927. The molecule has 1 aliphatic heterocycles. The molecule has 0 aliphatic carbocycles. The van der Waals surface area contributed by atoms with Crippen molar-refractivity contribution in [3.05, 3.63) is 66.5 Å². The summed E-state index contributed by atoms with van der Waals surface area (Å²) in [5.41, 5.74) is 1.83. The predicted octanol–water partition coefficient (Wildman–Crippen LogP) is 1.83. The molecule has 2 aromatic heterocycles. The van der Waals surface area contributed by atoms with Crippen molar-refractivity contribution in [1.29, 1.82) is 0 Å². The Hall–Kier alpha value is -2.96. The fraction of sp³-hybridized carbons (Fsp3) is 0.333. The van der Waals surface area contributed by atoms with E-state index in [0.717, 1.165) is 30.5 Å². The fourth-order valence-electron chi connectivity index (χ4n) is 3.40. The maximum absolute atomic E-state index is 13.0. The lowest BCUT2D eigenvalue weighted by molar-refractivity contribution is 0.0721. The fourth-order valence-corrected chi connectivity index (χ4v) is 3.40. The summed E-state index contributed by atoms with van der Waals surface area (Å²) in [6, 6.07) is 8.03. The van der Waals surface area contributed by atoms with Gasteiger partial charge in [0.2, 0.25) is 0 Å². The minimum atomic E-state index is 0.0927. The van der Waals surface area contributed by atoms with Crippen LogP contribution in [-0.4, -0.2) is 47.9 Å². The summed E-state index contributed by atoms with van der Waals surface area (Å²) in [6.07, 6.45) is 11.0. The quantitative estimate of drug-likeness (QED) is 0.713. The first-order valence-electron chi connectivity index (χ1n) is 8.49. The van der Waals surface area contributed by atoms with Gasteiger partial charge in [0.05, 0.1) is 25.1 Å². The Morgan fingerprint density at radius 3 is 3.00 bits per heavy atom. The molecule has 1 aromatic carbocycles. The van der Waals surface area contributed by atoms with E-state index in [0.29, 0.717) is 13.1 Å². The van der Waals surface area contributed by atoms with Gasteiger partial charge in [-0.25, -0.2) is 4.98 Å². The largest absolute Gasteiger partial charge is 0.334 e. The normalized spacial score (nSPS) is 17.1. The molecular weight excluding hydrogens is 316 g/mol. The number of carbonyl (C=O) groups excluding carboxylic acids is 1. The number of benzene rings is 1. The Kier molecular flexibility index (Phi) is 4.28. The van der Waals surface area contributed by atoms with E-state index >= 15 is 0 Å². The molecule has 4 rings (SSSR count). The minimum absolute atomic E-state index is 0.0927. The van der Waals surface area contributed by atoms with Crippen LogP contribution in [0.5, 0.6) is 0 Å². The van der Waals surface area contributed by atoms with Gasteiger partial charge in [-0.3, -0.25) is 9.48 Å². The highest BCUT2D eigenvalue weighted by molar-refractivity contribution is 5.94. The second-order valence-corrected chi connectivity index (χ2v) is 6.36. The van der Waals surface area contributed by atoms with Crippen LogP contribution < -0.4 is 0 Å². The van der Waals surface area contributed by atoms with Gasteiger partial charge >= 0.3 is 0 Å². The van der Waals surface area contributed by atoms with Gasteiger partial charge in [-0.15, -0.1) is 5.10 Å². The highest BCUT2D eigenvalue weighted by Crippen LogP contribution is 2.22. The van der Waals surface area contributed by atoms with Gasteiger partial charge in [0.1, 0.15) is 0 Å². The molecule has 0 unspecified atom stereocenters. The molecule has 3 heterocycles. The van der Waals surface area contributed by atoms with Crippen molar-refractivity contribution in [3.8, 4) is 0 Å². The van der Waals surface area contributed by atoms with Gasteiger partial charge in [-0.2, -0.15) is 0 Å². The van der Waals surface area contributed by atoms with Gasteiger partial charge < -0.3 is 9.47 Å². The molecule has 128 valence electrons. The van der Waals surface area contributed by atoms with Crippen molar-refractivity contribution in [2.24, 2.45) is 0 Å². The highest BCUT2D eigenvalue weighted by Gasteiger charge is 2.29. The second-order valence-electron chi connectivity index (χ2n) is 6.36. The summed E-state index contributed by atoms with van der Waals surface area (Å²) in [7, 11) is 0. The predicted molar refractivity (Wildman–Crippen MR) is 91.9 cm³/mol. The lowest BCUT2D eigenvalue weighted by Crippen LogP contribution is -2.38. The van der Waals surface area contributed by atoms with Crippen LogP contribution in [0.1, 0.15) is 28.8 Å². The number of imidazole rings is 1. The zero-order valence-electron chi connectivity index (χ0n) is 13.9. The smallest absolute Gasteiger partial charge is 0.254 e. The van der Waals surface area contributed by atoms with Crippen LogP contribution in [0.4, 0.5) is 0 Å². The zero-order valence-corrected chi connectivity index (χ0v) is 13.9. The summed E-state index contributed by atoms with van der Waals surface area (Å²) in [6.45, 7) is 2.20. The van der Waals surface area contributed by atoms with Gasteiger partial charge in [0.15, 0.2) is 0 Å². The van der Waals surface area contributed by atoms with Gasteiger partial charge in [-0.05, 0) is 30.5 Å². The molecule has 0 bridgehead atoms. The molecule has 7 heteroatoms. The molecule has 0 spiro atoms. The molecule has 3 aromatic rings. The summed E-state index contributed by atoms with van der Waals surface area (Å²) < 4.78 is 3.79. The Bertz CT molecular complexity index is 827. The van der Waals surface area contributed by atoms with Crippen LogP contribution in [0.15, 0.2) is 55.4 Å². The SMILES string of the molecule is O=C(c1cccc(Cn2ccnc2)c1)N1CCC[C@H]1Cn1ccnn1. The lowest BCUT2D eigenvalue weighted by Gasteiger charge is -2.24. The van der Waals surface area contributed by atoms with Crippen molar-refractivity contribution in [3.63, 3.8) is 0 Å². The Labute approximate surface area is 145 Å². The number of hydrogen-bond donors (Lipinski definition) is 0. The third-order valence-corrected chi connectivity index (χ3v) is 4.61. The first-order chi connectivity index (χ1) is 12.3. The number of nitrogens with zero attached hydrogens (tertiary/aromatic N) is 6. The van der Waals surface area contributed by atoms with Crippen molar-refractivity contribution in [2.75, 3.05) is 6.54 Å². The standard InChI is InChI=1S/C18H20N6O/c25-18(24-8-2-5-17(24)13-23-10-7-20-21-23)16-4-1-3-15(11-16)12-22-9-6-19-14-22/h1,3-4,6-7,9-11,14,17H,2,5,8,12-13H2/t17-/m0/s1. The molecule has 1 fully saturated rings. The van der Waals surface area contributed by atoms with Crippen molar-refractivity contribution in [1.82, 2.24) is 29.4 Å². The van der Waals surface area contributed by atoms with Crippen LogP contribution in [0, 0.1) is 0 Å². The molecule has 1 amide bonds. The average molecular weight is 336 g/mol. The zero-order chi connectivity index (χ0) is 17.1. The van der Waals surface area contributed by atoms with Gasteiger partial charge in [0.25, 0.3) is 5.91 Å². The highest BCUT2D eigenvalue weighted by atomic mass is 16.2. The van der Waals surface area contributed by atoms with Crippen molar-refractivity contribution in [2.45, 2.75) is 32.0 Å². The third-order valence-electron chi connectivity index (χ3n) is 4.61. The molecular formula is C18H20N6O. The number of rotatable bonds is 5. The van der Waals surface area contributed by atoms with E-state index < -0.39 is 0 Å². The number of amides is 1. The Balaban J connectivity index is 1.49. The van der Waals surface area contributed by atoms with Crippen LogP contribution in [0.25, 0.3) is 0 Å². The van der Waals surface area contributed by atoms with Crippen molar-refractivity contribution < 1.29 is 4.79 Å². The first-order valence-corrected chi connectivity index (χ1v) is 8.49. The van der Waals surface area contributed by atoms with E-state index in [2.05, 4.69) is 15.3 Å². The lowest BCUT2D eigenvalue weighted by atomic mass is 10.1. The summed E-state index contributed by atoms with van der Waals surface area (Å²) in [4.78, 5) is 19.0. The van der Waals surface area contributed by atoms with E-state index in [4.69, 9.17) is 0 Å². The van der Waals surface area contributed by atoms with E-state index in [9.17, 15) is 4.79 Å². The Morgan fingerprint density at radius 2 is 2.20 bits per heavy atom. The molecule has 1 saturated heterocycles. The molecule has 1 atom stereocenters. The maximum Gasteiger partial charge on any atom is 0.254 e. The summed E-state index contributed by atoms with van der Waals surface area (Å²) in [5, 5.41) is 7.86. The molecule has 7 nitrogen and oxygen atoms in total. The van der Waals surface area contributed by atoms with E-state index in [-0.39, 0.29) is 11.9 Å². The monoisotopic (exact) mass is 336 g/mol. The molecule has 0 N–H and O–H groups in total. The van der Waals surface area contributed by atoms with Gasteiger partial charge in [0, 0.05) is 37.2 Å². The topological polar surface area (TPSA) is 68.8 Å². The number of hydrogen-bond acceptors (Lipinski definition) is 4. The van der Waals surface area contributed by atoms with Crippen molar-refractivity contribution >= 4 is 5.91 Å². The van der Waals surface area contributed by atoms with E-state index in [1.807, 2.05) is 46.1 Å². The number of aromatic nitrogens is 5. The summed E-state index contributed by atoms with van der Waals surface area (Å²) >= 11 is 0. The first kappa shape index (κ1) is 15.6. The molecule has 1 aliphatic rings. The molecule has 0 radical (unpaired) electrons.